The minimum absolute atomic E-state index is 0.267. The van der Waals surface area contributed by atoms with E-state index in [1.807, 2.05) is 11.7 Å². The SMILES string of the molecule is CC1CCN(Cc2nn(C)c3ccccc23)CC1Cl. The van der Waals surface area contributed by atoms with Gasteiger partial charge in [-0.3, -0.25) is 9.58 Å². The second-order valence-electron chi connectivity index (χ2n) is 5.60. The normalized spacial score (nSPS) is 25.0. The fraction of sp³-hybridized carbons (Fsp3) is 0.533. The van der Waals surface area contributed by atoms with Crippen molar-refractivity contribution in [1.82, 2.24) is 14.7 Å². The van der Waals surface area contributed by atoms with Crippen molar-refractivity contribution in [3.63, 3.8) is 0 Å². The molecule has 1 aliphatic rings. The zero-order valence-corrected chi connectivity index (χ0v) is 12.3. The number of piperidine rings is 1. The highest BCUT2D eigenvalue weighted by molar-refractivity contribution is 6.21. The summed E-state index contributed by atoms with van der Waals surface area (Å²) in [5.74, 6) is 0.624. The number of alkyl halides is 1. The van der Waals surface area contributed by atoms with E-state index in [9.17, 15) is 0 Å². The molecule has 102 valence electrons. The molecule has 1 aromatic carbocycles. The first kappa shape index (κ1) is 12.9. The fourth-order valence-corrected chi connectivity index (χ4v) is 3.17. The molecule has 1 aromatic heterocycles. The second kappa shape index (κ2) is 5.14. The minimum Gasteiger partial charge on any atom is -0.296 e. The van der Waals surface area contributed by atoms with Crippen LogP contribution in [0, 0.1) is 5.92 Å². The van der Waals surface area contributed by atoms with Gasteiger partial charge in [0.15, 0.2) is 0 Å². The third-order valence-electron chi connectivity index (χ3n) is 4.16. The molecular formula is C15H20ClN3. The maximum atomic E-state index is 6.38. The standard InChI is InChI=1S/C15H20ClN3/c1-11-7-8-19(9-13(11)16)10-14-12-5-3-4-6-15(12)18(2)17-14/h3-6,11,13H,7-10H2,1-2H3. The van der Waals surface area contributed by atoms with Gasteiger partial charge >= 0.3 is 0 Å². The number of fused-ring (bicyclic) bond motifs is 1. The molecule has 0 bridgehead atoms. The van der Waals surface area contributed by atoms with Gasteiger partial charge in [-0.15, -0.1) is 11.6 Å². The van der Waals surface area contributed by atoms with Gasteiger partial charge in [0.2, 0.25) is 0 Å². The van der Waals surface area contributed by atoms with E-state index in [1.165, 1.54) is 17.3 Å². The predicted molar refractivity (Wildman–Crippen MR) is 79.4 cm³/mol. The van der Waals surface area contributed by atoms with Crippen molar-refractivity contribution in [3.8, 4) is 0 Å². The van der Waals surface area contributed by atoms with E-state index >= 15 is 0 Å². The van der Waals surface area contributed by atoms with Crippen LogP contribution in [0.5, 0.6) is 0 Å². The van der Waals surface area contributed by atoms with Crippen LogP contribution in [0.4, 0.5) is 0 Å². The van der Waals surface area contributed by atoms with Gasteiger partial charge < -0.3 is 0 Å². The van der Waals surface area contributed by atoms with E-state index in [2.05, 4.69) is 41.2 Å². The minimum atomic E-state index is 0.267. The fourth-order valence-electron chi connectivity index (χ4n) is 2.85. The largest absolute Gasteiger partial charge is 0.296 e. The van der Waals surface area contributed by atoms with Crippen molar-refractivity contribution in [2.24, 2.45) is 13.0 Å². The molecule has 19 heavy (non-hydrogen) atoms. The maximum absolute atomic E-state index is 6.38. The lowest BCUT2D eigenvalue weighted by Crippen LogP contribution is -2.39. The van der Waals surface area contributed by atoms with E-state index in [1.54, 1.807) is 0 Å². The van der Waals surface area contributed by atoms with Gasteiger partial charge in [-0.25, -0.2) is 0 Å². The molecule has 4 heteroatoms. The quantitative estimate of drug-likeness (QED) is 0.787. The lowest BCUT2D eigenvalue weighted by atomic mass is 9.98. The monoisotopic (exact) mass is 277 g/mol. The number of aromatic nitrogens is 2. The molecule has 2 aromatic rings. The van der Waals surface area contributed by atoms with E-state index in [-0.39, 0.29) is 5.38 Å². The lowest BCUT2D eigenvalue weighted by molar-refractivity contribution is 0.187. The molecule has 2 unspecified atom stereocenters. The Balaban J connectivity index is 1.82. The number of likely N-dealkylation sites (tertiary alicyclic amines) is 1. The third kappa shape index (κ3) is 2.49. The van der Waals surface area contributed by atoms with E-state index in [4.69, 9.17) is 11.6 Å². The Hall–Kier alpha value is -1.06. The van der Waals surface area contributed by atoms with Crippen LogP contribution in [-0.2, 0) is 13.6 Å². The Morgan fingerprint density at radius 1 is 1.37 bits per heavy atom. The molecule has 1 saturated heterocycles. The Bertz CT molecular complexity index is 578. The van der Waals surface area contributed by atoms with Gasteiger partial charge in [-0.05, 0) is 24.9 Å². The second-order valence-corrected chi connectivity index (χ2v) is 6.17. The van der Waals surface area contributed by atoms with Crippen molar-refractivity contribution in [2.45, 2.75) is 25.3 Å². The average molecular weight is 278 g/mol. The summed E-state index contributed by atoms with van der Waals surface area (Å²) >= 11 is 6.38. The van der Waals surface area contributed by atoms with Gasteiger partial charge in [0.05, 0.1) is 11.2 Å². The highest BCUT2D eigenvalue weighted by Gasteiger charge is 2.25. The van der Waals surface area contributed by atoms with Gasteiger partial charge in [0.1, 0.15) is 0 Å². The summed E-state index contributed by atoms with van der Waals surface area (Å²) in [4.78, 5) is 2.42. The first-order valence-electron chi connectivity index (χ1n) is 6.92. The Kier molecular flexibility index (Phi) is 3.50. The van der Waals surface area contributed by atoms with Crippen molar-refractivity contribution >= 4 is 22.5 Å². The van der Waals surface area contributed by atoms with Crippen LogP contribution in [-0.4, -0.2) is 33.1 Å². The molecule has 0 spiro atoms. The maximum Gasteiger partial charge on any atom is 0.0843 e. The van der Waals surface area contributed by atoms with Gasteiger partial charge in [-0.2, -0.15) is 5.10 Å². The summed E-state index contributed by atoms with van der Waals surface area (Å²) in [6.45, 7) is 5.23. The summed E-state index contributed by atoms with van der Waals surface area (Å²) in [6.07, 6.45) is 1.18. The molecule has 2 atom stereocenters. The van der Waals surface area contributed by atoms with E-state index < -0.39 is 0 Å². The molecule has 0 saturated carbocycles. The third-order valence-corrected chi connectivity index (χ3v) is 4.73. The van der Waals surface area contributed by atoms with Crippen molar-refractivity contribution in [3.05, 3.63) is 30.0 Å². The lowest BCUT2D eigenvalue weighted by Gasteiger charge is -2.33. The van der Waals surface area contributed by atoms with Crippen LogP contribution < -0.4 is 0 Å². The van der Waals surface area contributed by atoms with Gasteiger partial charge in [0.25, 0.3) is 0 Å². The molecule has 3 nitrogen and oxygen atoms in total. The molecule has 2 heterocycles. The number of halogens is 1. The van der Waals surface area contributed by atoms with Gasteiger partial charge in [0, 0.05) is 30.9 Å². The zero-order valence-electron chi connectivity index (χ0n) is 11.5. The summed E-state index contributed by atoms with van der Waals surface area (Å²) in [7, 11) is 2.01. The first-order chi connectivity index (χ1) is 9.15. The molecule has 0 radical (unpaired) electrons. The van der Waals surface area contributed by atoms with E-state index in [0.717, 1.165) is 25.3 Å². The van der Waals surface area contributed by atoms with Crippen LogP contribution in [0.2, 0.25) is 0 Å². The molecule has 3 rings (SSSR count). The van der Waals surface area contributed by atoms with E-state index in [0.29, 0.717) is 5.92 Å². The topological polar surface area (TPSA) is 21.1 Å². The van der Waals surface area contributed by atoms with Crippen LogP contribution in [0.3, 0.4) is 0 Å². The first-order valence-corrected chi connectivity index (χ1v) is 7.36. The number of benzene rings is 1. The summed E-state index contributed by atoms with van der Waals surface area (Å²) in [6, 6.07) is 8.41. The Labute approximate surface area is 119 Å². The van der Waals surface area contributed by atoms with Crippen LogP contribution in [0.15, 0.2) is 24.3 Å². The Morgan fingerprint density at radius 2 is 2.16 bits per heavy atom. The molecule has 1 aliphatic heterocycles. The van der Waals surface area contributed by atoms with Crippen LogP contribution in [0.1, 0.15) is 19.0 Å². The molecule has 0 N–H and O–H groups in total. The molecular weight excluding hydrogens is 258 g/mol. The highest BCUT2D eigenvalue weighted by atomic mass is 35.5. The van der Waals surface area contributed by atoms with Crippen LogP contribution in [0.25, 0.3) is 10.9 Å². The van der Waals surface area contributed by atoms with Gasteiger partial charge in [-0.1, -0.05) is 25.1 Å². The number of hydrogen-bond acceptors (Lipinski definition) is 2. The summed E-state index contributed by atoms with van der Waals surface area (Å²) in [5.41, 5.74) is 2.36. The number of para-hydroxylation sites is 1. The summed E-state index contributed by atoms with van der Waals surface area (Å²) < 4.78 is 1.97. The number of rotatable bonds is 2. The average Bonchev–Trinajstić information content (AvgIpc) is 2.72. The molecule has 0 aliphatic carbocycles. The Morgan fingerprint density at radius 3 is 2.95 bits per heavy atom. The molecule has 1 fully saturated rings. The van der Waals surface area contributed by atoms with Crippen molar-refractivity contribution in [1.29, 1.82) is 0 Å². The van der Waals surface area contributed by atoms with Crippen molar-refractivity contribution in [2.75, 3.05) is 13.1 Å². The summed E-state index contributed by atoms with van der Waals surface area (Å²) in [5, 5.41) is 6.19. The number of hydrogen-bond donors (Lipinski definition) is 0. The van der Waals surface area contributed by atoms with Crippen molar-refractivity contribution < 1.29 is 0 Å². The number of aryl methyl sites for hydroxylation is 1. The number of nitrogens with zero attached hydrogens (tertiary/aromatic N) is 3. The zero-order chi connectivity index (χ0) is 13.4. The predicted octanol–water partition coefficient (Wildman–Crippen LogP) is 3.02. The molecule has 0 amide bonds. The van der Waals surface area contributed by atoms with Crippen LogP contribution >= 0.6 is 11.6 Å². The smallest absolute Gasteiger partial charge is 0.0843 e. The highest BCUT2D eigenvalue weighted by Crippen LogP contribution is 2.25.